The maximum atomic E-state index is 12.9. The lowest BCUT2D eigenvalue weighted by atomic mass is 10.1. The Morgan fingerprint density at radius 2 is 1.89 bits per heavy atom. The summed E-state index contributed by atoms with van der Waals surface area (Å²) in [5, 5.41) is 13.0. The van der Waals surface area contributed by atoms with E-state index in [2.05, 4.69) is 25.6 Å². The predicted octanol–water partition coefficient (Wildman–Crippen LogP) is 3.81. The van der Waals surface area contributed by atoms with Crippen LogP contribution in [0.1, 0.15) is 33.6 Å². The number of nitrogens with zero attached hydrogens (tertiary/aromatic N) is 2. The average Bonchev–Trinajstić information content (AvgIpc) is 3.50. The number of carbonyl (C=O) groups excluding carboxylic acids is 2. The molecule has 2 amide bonds. The molecular weight excluding hydrogens is 537 g/mol. The average molecular weight is 556 g/mol. The first kappa shape index (κ1) is 25.3. The zero-order chi connectivity index (χ0) is 25.0. The zero-order valence-electron chi connectivity index (χ0n) is 18.0. The van der Waals surface area contributed by atoms with E-state index in [1.54, 1.807) is 12.1 Å². The molecule has 35 heavy (non-hydrogen) atoms. The monoisotopic (exact) mass is 555 g/mol. The van der Waals surface area contributed by atoms with Gasteiger partial charge in [-0.25, -0.2) is 0 Å². The molecule has 4 rings (SSSR count). The minimum absolute atomic E-state index is 0.0519. The van der Waals surface area contributed by atoms with E-state index in [0.29, 0.717) is 29.5 Å². The van der Waals surface area contributed by atoms with Gasteiger partial charge in [-0.05, 0) is 43.2 Å². The van der Waals surface area contributed by atoms with Gasteiger partial charge in [0.05, 0.1) is 27.9 Å². The fourth-order valence-corrected chi connectivity index (χ4v) is 5.74. The lowest BCUT2D eigenvalue weighted by Crippen LogP contribution is -2.32. The van der Waals surface area contributed by atoms with Gasteiger partial charge in [0.15, 0.2) is 0 Å². The SMILES string of the molecule is O=C(Nc1nnc(S(=O)(=O)Nc2ccccc2C(=O)NC[C@H]2CCCO2)s1)c1ccc(Cl)cc1Cl. The number of ether oxygens (including phenoxy) is 1. The number of para-hydroxylation sites is 1. The quantitative estimate of drug-likeness (QED) is 0.359. The molecule has 1 aliphatic heterocycles. The van der Waals surface area contributed by atoms with E-state index < -0.39 is 26.2 Å². The van der Waals surface area contributed by atoms with Crippen molar-refractivity contribution in [3.05, 3.63) is 63.6 Å². The summed E-state index contributed by atoms with van der Waals surface area (Å²) >= 11 is 12.5. The van der Waals surface area contributed by atoms with E-state index in [1.165, 1.54) is 30.3 Å². The van der Waals surface area contributed by atoms with Crippen LogP contribution in [0.25, 0.3) is 0 Å². The van der Waals surface area contributed by atoms with Gasteiger partial charge in [-0.15, -0.1) is 10.2 Å². The van der Waals surface area contributed by atoms with E-state index in [4.69, 9.17) is 27.9 Å². The zero-order valence-corrected chi connectivity index (χ0v) is 21.1. The van der Waals surface area contributed by atoms with Gasteiger partial charge < -0.3 is 10.1 Å². The van der Waals surface area contributed by atoms with Crippen LogP contribution < -0.4 is 15.4 Å². The smallest absolute Gasteiger partial charge is 0.291 e. The van der Waals surface area contributed by atoms with Crippen LogP contribution in [0.4, 0.5) is 10.8 Å². The topological polar surface area (TPSA) is 139 Å². The van der Waals surface area contributed by atoms with Crippen molar-refractivity contribution < 1.29 is 22.7 Å². The van der Waals surface area contributed by atoms with Crippen molar-refractivity contribution >= 4 is 67.2 Å². The maximum Gasteiger partial charge on any atom is 0.291 e. The number of hydrogen-bond donors (Lipinski definition) is 3. The van der Waals surface area contributed by atoms with Crippen LogP contribution in [0.5, 0.6) is 0 Å². The highest BCUT2D eigenvalue weighted by molar-refractivity contribution is 7.94. The van der Waals surface area contributed by atoms with Crippen molar-refractivity contribution in [1.29, 1.82) is 0 Å². The van der Waals surface area contributed by atoms with E-state index in [9.17, 15) is 18.0 Å². The normalized spacial score (nSPS) is 15.5. The number of hydrogen-bond acceptors (Lipinski definition) is 8. The van der Waals surface area contributed by atoms with Crippen molar-refractivity contribution in [2.75, 3.05) is 23.2 Å². The van der Waals surface area contributed by atoms with Gasteiger partial charge in [0.1, 0.15) is 0 Å². The summed E-state index contributed by atoms with van der Waals surface area (Å²) in [4.78, 5) is 25.1. The largest absolute Gasteiger partial charge is 0.376 e. The Balaban J connectivity index is 1.45. The molecule has 3 aromatic rings. The number of sulfonamides is 1. The summed E-state index contributed by atoms with van der Waals surface area (Å²) in [6, 6.07) is 10.5. The number of anilines is 2. The van der Waals surface area contributed by atoms with E-state index >= 15 is 0 Å². The lowest BCUT2D eigenvalue weighted by Gasteiger charge is -2.13. The van der Waals surface area contributed by atoms with Gasteiger partial charge in [-0.2, -0.15) is 8.42 Å². The minimum atomic E-state index is -4.20. The minimum Gasteiger partial charge on any atom is -0.376 e. The summed E-state index contributed by atoms with van der Waals surface area (Å²) in [6.07, 6.45) is 1.74. The molecule has 0 bridgehead atoms. The molecule has 1 saturated heterocycles. The van der Waals surface area contributed by atoms with Crippen LogP contribution in [0.2, 0.25) is 10.0 Å². The number of nitrogens with one attached hydrogen (secondary N) is 3. The molecule has 2 aromatic carbocycles. The van der Waals surface area contributed by atoms with Crippen molar-refractivity contribution in [2.45, 2.75) is 23.3 Å². The molecule has 1 fully saturated rings. The number of aromatic nitrogens is 2. The van der Waals surface area contributed by atoms with Crippen LogP contribution in [-0.2, 0) is 14.8 Å². The van der Waals surface area contributed by atoms with Gasteiger partial charge in [0.2, 0.25) is 5.13 Å². The molecule has 2 heterocycles. The molecule has 0 aliphatic carbocycles. The molecule has 184 valence electrons. The van der Waals surface area contributed by atoms with E-state index in [1.807, 2.05) is 0 Å². The highest BCUT2D eigenvalue weighted by Gasteiger charge is 2.24. The fourth-order valence-electron chi connectivity index (χ4n) is 3.27. The molecule has 14 heteroatoms. The Kier molecular flexibility index (Phi) is 7.87. The van der Waals surface area contributed by atoms with Gasteiger partial charge in [-0.1, -0.05) is 46.7 Å². The molecule has 0 unspecified atom stereocenters. The Morgan fingerprint density at radius 3 is 2.63 bits per heavy atom. The second kappa shape index (κ2) is 10.9. The predicted molar refractivity (Wildman–Crippen MR) is 133 cm³/mol. The number of benzene rings is 2. The molecule has 1 aromatic heterocycles. The highest BCUT2D eigenvalue weighted by Crippen LogP contribution is 2.26. The Bertz CT molecular complexity index is 1360. The number of carbonyl (C=O) groups is 2. The fraction of sp³-hybridized carbons (Fsp3) is 0.238. The highest BCUT2D eigenvalue weighted by atomic mass is 35.5. The van der Waals surface area contributed by atoms with Gasteiger partial charge in [0.25, 0.3) is 26.2 Å². The van der Waals surface area contributed by atoms with Crippen LogP contribution in [0, 0.1) is 0 Å². The molecule has 1 atom stereocenters. The molecular formula is C21H19Cl2N5O5S2. The second-order valence-electron chi connectivity index (χ2n) is 7.45. The van der Waals surface area contributed by atoms with Gasteiger partial charge >= 0.3 is 0 Å². The van der Waals surface area contributed by atoms with E-state index in [-0.39, 0.29) is 33.1 Å². The number of rotatable bonds is 8. The third-order valence-electron chi connectivity index (χ3n) is 4.96. The third-order valence-corrected chi connectivity index (χ3v) is 8.08. The van der Waals surface area contributed by atoms with Crippen LogP contribution in [0.3, 0.4) is 0 Å². The Labute approximate surface area is 215 Å². The lowest BCUT2D eigenvalue weighted by molar-refractivity contribution is 0.0858. The maximum absolute atomic E-state index is 12.9. The van der Waals surface area contributed by atoms with Crippen LogP contribution in [0.15, 0.2) is 46.8 Å². The summed E-state index contributed by atoms with van der Waals surface area (Å²) in [6.45, 7) is 0.991. The first-order valence-electron chi connectivity index (χ1n) is 10.3. The molecule has 1 aliphatic rings. The third kappa shape index (κ3) is 6.27. The van der Waals surface area contributed by atoms with Crippen molar-refractivity contribution in [1.82, 2.24) is 15.5 Å². The molecule has 0 spiro atoms. The van der Waals surface area contributed by atoms with Crippen LogP contribution in [-0.4, -0.2) is 49.7 Å². The summed E-state index contributed by atoms with van der Waals surface area (Å²) in [5.41, 5.74) is 0.354. The summed E-state index contributed by atoms with van der Waals surface area (Å²) in [7, 11) is -4.20. The first-order chi connectivity index (χ1) is 16.7. The second-order valence-corrected chi connectivity index (χ2v) is 11.1. The van der Waals surface area contributed by atoms with Crippen molar-refractivity contribution in [2.24, 2.45) is 0 Å². The van der Waals surface area contributed by atoms with Gasteiger partial charge in [0, 0.05) is 18.2 Å². The summed E-state index contributed by atoms with van der Waals surface area (Å²) in [5.74, 6) is -1.04. The molecule has 10 nitrogen and oxygen atoms in total. The molecule has 0 radical (unpaired) electrons. The standard InChI is InChI=1S/C21H19Cl2N5O5S2/c22-12-7-8-14(16(23)10-12)19(30)25-20-26-27-21(34-20)35(31,32)28-17-6-2-1-5-15(17)18(29)24-11-13-4-3-9-33-13/h1-2,5-8,10,13,28H,3-4,9,11H2,(H,24,29)(H,25,26,30)/t13-/m1/s1. The van der Waals surface area contributed by atoms with Gasteiger partial charge in [-0.3, -0.25) is 19.6 Å². The molecule has 0 saturated carbocycles. The van der Waals surface area contributed by atoms with E-state index in [0.717, 1.165) is 12.8 Å². The number of amides is 2. The first-order valence-corrected chi connectivity index (χ1v) is 13.4. The number of halogens is 2. The van der Waals surface area contributed by atoms with Crippen molar-refractivity contribution in [3.8, 4) is 0 Å². The Morgan fingerprint density at radius 1 is 1.09 bits per heavy atom. The molecule has 3 N–H and O–H groups in total. The van der Waals surface area contributed by atoms with Crippen LogP contribution >= 0.6 is 34.5 Å². The Hall–Kier alpha value is -2.77. The van der Waals surface area contributed by atoms with Crippen molar-refractivity contribution in [3.63, 3.8) is 0 Å². The summed E-state index contributed by atoms with van der Waals surface area (Å²) < 4.78 is 33.3.